The Morgan fingerprint density at radius 2 is 1.75 bits per heavy atom. The highest BCUT2D eigenvalue weighted by Gasteiger charge is 2.41. The second kappa shape index (κ2) is 16.4. The number of fused-ring (bicyclic) bond motifs is 9. The molecule has 9 rings (SSSR count). The van der Waals surface area contributed by atoms with Crippen LogP contribution in [0, 0.1) is 24.5 Å². The highest BCUT2D eigenvalue weighted by atomic mass is 19.1. The Balaban J connectivity index is 0.871. The number of carbonyl (C=O) groups excluding carboxylic acids is 4. The van der Waals surface area contributed by atoms with Gasteiger partial charge in [-0.25, -0.2) is 13.5 Å². The van der Waals surface area contributed by atoms with Crippen LogP contribution in [0.4, 0.5) is 20.2 Å². The molecule has 5 aliphatic heterocycles. The highest BCUT2D eigenvalue weighted by Crippen LogP contribution is 2.38. The zero-order valence-electron chi connectivity index (χ0n) is 34.5. The van der Waals surface area contributed by atoms with Gasteiger partial charge in [-0.3, -0.25) is 34.4 Å². The number of rotatable bonds is 6. The summed E-state index contributed by atoms with van der Waals surface area (Å²) < 4.78 is 38.3. The predicted octanol–water partition coefficient (Wildman–Crippen LogP) is 5.79. The van der Waals surface area contributed by atoms with Gasteiger partial charge in [0.1, 0.15) is 11.6 Å². The lowest BCUT2D eigenvalue weighted by atomic mass is 9.88. The summed E-state index contributed by atoms with van der Waals surface area (Å²) >= 11 is 0. The number of aryl methyl sites for hydroxylation is 2. The van der Waals surface area contributed by atoms with Crippen LogP contribution in [0.3, 0.4) is 0 Å². The lowest BCUT2D eigenvalue weighted by Gasteiger charge is -2.39. The first-order chi connectivity index (χ1) is 29.4. The maximum atomic E-state index is 15.2. The molecule has 2 aromatic carbocycles. The van der Waals surface area contributed by atoms with Crippen LogP contribution in [0.2, 0.25) is 0 Å². The number of halogens is 2. The molecule has 0 spiro atoms. The molecule has 2 aromatic heterocycles. The van der Waals surface area contributed by atoms with Crippen molar-refractivity contribution in [3.63, 3.8) is 0 Å². The number of ether oxygens (including phenoxy) is 1. The van der Waals surface area contributed by atoms with Crippen LogP contribution in [0.1, 0.15) is 102 Å². The topological polar surface area (TPSA) is 163 Å². The molecule has 5 atom stereocenters. The molecule has 16 heteroatoms. The molecule has 3 fully saturated rings. The zero-order valence-corrected chi connectivity index (χ0v) is 34.5. The maximum absolute atomic E-state index is 15.2. The minimum atomic E-state index is -1.03. The number of benzene rings is 2. The number of piperidine rings is 2. The Labute approximate surface area is 352 Å². The summed E-state index contributed by atoms with van der Waals surface area (Å²) in [6.45, 7) is 5.64. The van der Waals surface area contributed by atoms with Gasteiger partial charge >= 0.3 is 0 Å². The van der Waals surface area contributed by atoms with Crippen molar-refractivity contribution < 1.29 is 32.7 Å². The van der Waals surface area contributed by atoms with Crippen molar-refractivity contribution in [2.75, 3.05) is 29.9 Å². The molecule has 0 saturated carbocycles. The van der Waals surface area contributed by atoms with Crippen LogP contribution in [-0.2, 0) is 23.1 Å². The minimum absolute atomic E-state index is 0.0401. The van der Waals surface area contributed by atoms with Crippen LogP contribution >= 0.6 is 0 Å². The van der Waals surface area contributed by atoms with E-state index in [0.717, 1.165) is 49.9 Å². The Kier molecular flexibility index (Phi) is 10.9. The normalized spacial score (nSPS) is 24.9. The van der Waals surface area contributed by atoms with Gasteiger partial charge < -0.3 is 20.3 Å². The lowest BCUT2D eigenvalue weighted by molar-refractivity contribution is -0.134. The van der Waals surface area contributed by atoms with Gasteiger partial charge in [-0.05, 0) is 112 Å². The number of nitrogens with zero attached hydrogens (tertiary/aromatic N) is 6. The monoisotopic (exact) mass is 833 g/mol. The van der Waals surface area contributed by atoms with Crippen LogP contribution in [0.15, 0.2) is 53.7 Å². The number of hydrogen-bond donors (Lipinski definition) is 3. The number of pyridine rings is 1. The van der Waals surface area contributed by atoms with E-state index in [0.29, 0.717) is 71.6 Å². The number of amides is 4. The van der Waals surface area contributed by atoms with Crippen molar-refractivity contribution >= 4 is 41.0 Å². The zero-order chi connectivity index (χ0) is 42.5. The van der Waals surface area contributed by atoms with Crippen molar-refractivity contribution in [3.05, 3.63) is 88.2 Å². The average molecular weight is 834 g/mol. The molecule has 4 bridgehead atoms. The third kappa shape index (κ3) is 8.12. The molecule has 61 heavy (non-hydrogen) atoms. The van der Waals surface area contributed by atoms with Gasteiger partial charge in [-0.1, -0.05) is 6.92 Å². The third-order valence-electron chi connectivity index (χ3n) is 12.8. The van der Waals surface area contributed by atoms with E-state index in [9.17, 15) is 19.2 Å². The number of imide groups is 1. The number of anilines is 2. The second-order valence-electron chi connectivity index (χ2n) is 17.2. The Hall–Kier alpha value is -6.03. The lowest BCUT2D eigenvalue weighted by Crippen LogP contribution is -2.50. The van der Waals surface area contributed by atoms with Crippen LogP contribution in [-0.4, -0.2) is 87.1 Å². The van der Waals surface area contributed by atoms with E-state index in [1.807, 2.05) is 31.0 Å². The fourth-order valence-corrected chi connectivity index (χ4v) is 9.81. The van der Waals surface area contributed by atoms with E-state index in [1.54, 1.807) is 29.1 Å². The number of aliphatic imine (C=N–C) groups is 1. The van der Waals surface area contributed by atoms with Gasteiger partial charge in [0.15, 0.2) is 0 Å². The summed E-state index contributed by atoms with van der Waals surface area (Å²) in [5.41, 5.74) is 4.58. The van der Waals surface area contributed by atoms with Crippen molar-refractivity contribution in [3.8, 4) is 17.1 Å². The molecule has 7 heterocycles. The van der Waals surface area contributed by atoms with Crippen LogP contribution in [0.5, 0.6) is 5.88 Å². The number of carbonyl (C=O) groups is 4. The Morgan fingerprint density at radius 3 is 2.51 bits per heavy atom. The molecule has 0 unspecified atom stereocenters. The summed E-state index contributed by atoms with van der Waals surface area (Å²) in [4.78, 5) is 65.2. The van der Waals surface area contributed by atoms with E-state index in [1.165, 1.54) is 12.1 Å². The number of hydrogen-bond acceptors (Lipinski definition) is 10. The van der Waals surface area contributed by atoms with Crippen LogP contribution in [0.25, 0.3) is 11.3 Å². The molecule has 5 aliphatic rings. The van der Waals surface area contributed by atoms with Gasteiger partial charge in [0.2, 0.25) is 23.7 Å². The smallest absolute Gasteiger partial charge is 0.280 e. The summed E-state index contributed by atoms with van der Waals surface area (Å²) in [5.74, 6) is -3.11. The summed E-state index contributed by atoms with van der Waals surface area (Å²) in [6, 6.07) is 12.0. The molecular weight excluding hydrogens is 785 g/mol. The van der Waals surface area contributed by atoms with Gasteiger partial charge in [0.25, 0.3) is 11.8 Å². The largest absolute Gasteiger partial charge is 0.477 e. The maximum Gasteiger partial charge on any atom is 0.280 e. The van der Waals surface area contributed by atoms with E-state index in [2.05, 4.69) is 42.8 Å². The first kappa shape index (κ1) is 40.4. The molecule has 14 nitrogen and oxygen atoms in total. The molecule has 0 aliphatic carbocycles. The quantitative estimate of drug-likeness (QED) is 0.203. The van der Waals surface area contributed by atoms with E-state index in [-0.39, 0.29) is 48.4 Å². The standard InChI is InChI=1S/C45H49F2N9O5/c1-24-5-4-14-61-44-33(22-48-54(44)3)37-18-28(15-25(2)49-37)42(59)53-45-51-36-10-6-27(19-38(36)56(45)23-24)41(58)50-29-20-30-7-8-31(21-29)55(30)13-12-26-16-34(46)40(35(47)17-26)32-9-11-39(57)52-43(32)60/h6,10,15-19,22,24,29-32H,4-5,7-9,11-14,20-21,23H2,1-3H3,(H,50,58)(H,51,53,59)(H,52,57,60)/t24-,29-,30-,31+,32-/m1/s1. The van der Waals surface area contributed by atoms with Crippen molar-refractivity contribution in [2.24, 2.45) is 18.0 Å². The predicted molar refractivity (Wildman–Crippen MR) is 223 cm³/mol. The summed E-state index contributed by atoms with van der Waals surface area (Å²) in [6.07, 6.45) is 7.35. The fourth-order valence-electron chi connectivity index (χ4n) is 9.81. The molecule has 3 N–H and O–H groups in total. The van der Waals surface area contributed by atoms with Crippen molar-refractivity contribution in [1.29, 1.82) is 0 Å². The fraction of sp³-hybridized carbons (Fsp3) is 0.444. The third-order valence-corrected chi connectivity index (χ3v) is 12.8. The van der Waals surface area contributed by atoms with Crippen molar-refractivity contribution in [2.45, 2.75) is 95.7 Å². The molecule has 0 radical (unpaired) electrons. The Bertz CT molecular complexity index is 2430. The second-order valence-corrected chi connectivity index (χ2v) is 17.2. The Morgan fingerprint density at radius 1 is 0.984 bits per heavy atom. The number of aromatic nitrogens is 3. The van der Waals surface area contributed by atoms with Gasteiger partial charge in [0, 0.05) is 67.1 Å². The van der Waals surface area contributed by atoms with E-state index >= 15 is 8.78 Å². The highest BCUT2D eigenvalue weighted by molar-refractivity contribution is 6.19. The molecule has 4 amide bonds. The van der Waals surface area contributed by atoms with Gasteiger partial charge in [0.05, 0.1) is 41.4 Å². The molecular formula is C45H49F2N9O5. The van der Waals surface area contributed by atoms with Crippen LogP contribution < -0.4 is 25.6 Å². The minimum Gasteiger partial charge on any atom is -0.477 e. The van der Waals surface area contributed by atoms with Gasteiger partial charge in [-0.15, -0.1) is 0 Å². The number of guanidine groups is 1. The molecule has 4 aromatic rings. The van der Waals surface area contributed by atoms with E-state index < -0.39 is 35.3 Å². The average Bonchev–Trinajstić information content (AvgIpc) is 3.83. The SMILES string of the molecule is Cc1cc2cc(n1)-c1cnn(C)c1OCCC[C@@H](C)CN1/C(=N/C2=O)Nc2ccc(C(=O)N[C@@H]3C[C@H]4CC[C@@H](C3)N4CCc3cc(F)c([C@H]4CCC(=O)NC4=O)c(F)c3)cc21. The first-order valence-electron chi connectivity index (χ1n) is 21.2. The molecule has 3 saturated heterocycles. The molecule has 318 valence electrons. The summed E-state index contributed by atoms with van der Waals surface area (Å²) in [5, 5.41) is 13.2. The van der Waals surface area contributed by atoms with E-state index in [4.69, 9.17) is 4.74 Å². The van der Waals surface area contributed by atoms with Crippen molar-refractivity contribution in [1.82, 2.24) is 30.3 Å². The first-order valence-corrected chi connectivity index (χ1v) is 21.2. The summed E-state index contributed by atoms with van der Waals surface area (Å²) in [7, 11) is 1.82. The van der Waals surface area contributed by atoms with Gasteiger partial charge in [-0.2, -0.15) is 10.1 Å². The number of nitrogens with one attached hydrogen (secondary N) is 3.